The fourth-order valence-corrected chi connectivity index (χ4v) is 4.24. The van der Waals surface area contributed by atoms with Crippen molar-refractivity contribution in [3.8, 4) is 5.75 Å². The van der Waals surface area contributed by atoms with Gasteiger partial charge < -0.3 is 14.8 Å². The van der Waals surface area contributed by atoms with Crippen molar-refractivity contribution in [3.63, 3.8) is 0 Å². The number of amides is 1. The molecule has 0 aromatic heterocycles. The van der Waals surface area contributed by atoms with Crippen LogP contribution in [0.25, 0.3) is 0 Å². The number of nitrogens with one attached hydrogen (secondary N) is 1. The molecule has 0 aliphatic carbocycles. The second kappa shape index (κ2) is 7.96. The Hall–Kier alpha value is -1.64. The molecule has 1 aromatic rings. The topological polar surface area (TPSA) is 84.9 Å². The van der Waals surface area contributed by atoms with E-state index in [4.69, 9.17) is 9.47 Å². The van der Waals surface area contributed by atoms with Crippen molar-refractivity contribution in [1.82, 2.24) is 9.62 Å². The third kappa shape index (κ3) is 4.06. The zero-order valence-electron chi connectivity index (χ0n) is 14.2. The minimum absolute atomic E-state index is 0.106. The fraction of sp³-hybridized carbons (Fsp3) is 0.562. The first-order chi connectivity index (χ1) is 11.4. The van der Waals surface area contributed by atoms with Crippen LogP contribution in [0.1, 0.15) is 30.1 Å². The first kappa shape index (κ1) is 18.7. The summed E-state index contributed by atoms with van der Waals surface area (Å²) in [5.74, 6) is -0.0626. The zero-order valence-corrected chi connectivity index (χ0v) is 15.1. The molecule has 1 unspecified atom stereocenters. The van der Waals surface area contributed by atoms with E-state index in [1.165, 1.54) is 29.6 Å². The van der Waals surface area contributed by atoms with E-state index in [0.717, 1.165) is 12.8 Å². The predicted octanol–water partition coefficient (Wildman–Crippen LogP) is 1.24. The molecule has 134 valence electrons. The highest BCUT2D eigenvalue weighted by atomic mass is 32.2. The van der Waals surface area contributed by atoms with E-state index in [9.17, 15) is 13.2 Å². The summed E-state index contributed by atoms with van der Waals surface area (Å²) in [6.45, 7) is 3.19. The summed E-state index contributed by atoms with van der Waals surface area (Å²) in [5.41, 5.74) is 0.195. The monoisotopic (exact) mass is 356 g/mol. The molecule has 1 fully saturated rings. The standard InChI is InChI=1S/C16H24N2O5S/c1-12(11-22-2)17-16(19)14-10-13(6-7-15(14)23-3)24(20,21)18-8-4-5-9-18/h6-7,10,12H,4-5,8-9,11H2,1-3H3,(H,17,19). The largest absolute Gasteiger partial charge is 0.496 e. The number of hydrogen-bond acceptors (Lipinski definition) is 5. The van der Waals surface area contributed by atoms with Gasteiger partial charge in [0.2, 0.25) is 10.0 Å². The van der Waals surface area contributed by atoms with Crippen LogP contribution >= 0.6 is 0 Å². The Bertz CT molecular complexity index is 684. The predicted molar refractivity (Wildman–Crippen MR) is 89.8 cm³/mol. The molecule has 1 saturated heterocycles. The van der Waals surface area contributed by atoms with Crippen LogP contribution in [0.15, 0.2) is 23.1 Å². The maximum absolute atomic E-state index is 12.7. The Morgan fingerprint density at radius 2 is 1.96 bits per heavy atom. The summed E-state index contributed by atoms with van der Waals surface area (Å²) >= 11 is 0. The van der Waals surface area contributed by atoms with Gasteiger partial charge in [0.15, 0.2) is 0 Å². The van der Waals surface area contributed by atoms with E-state index in [1.807, 2.05) is 0 Å². The Labute approximate surface area is 143 Å². The van der Waals surface area contributed by atoms with Crippen molar-refractivity contribution in [1.29, 1.82) is 0 Å². The van der Waals surface area contributed by atoms with Crippen molar-refractivity contribution >= 4 is 15.9 Å². The quantitative estimate of drug-likeness (QED) is 0.795. The first-order valence-corrected chi connectivity index (χ1v) is 9.32. The van der Waals surface area contributed by atoms with Gasteiger partial charge in [0, 0.05) is 26.2 Å². The minimum Gasteiger partial charge on any atom is -0.496 e. The lowest BCUT2D eigenvalue weighted by molar-refractivity contribution is 0.0902. The fourth-order valence-electron chi connectivity index (χ4n) is 2.70. The van der Waals surface area contributed by atoms with Crippen molar-refractivity contribution in [2.45, 2.75) is 30.7 Å². The third-order valence-electron chi connectivity index (χ3n) is 3.91. The molecule has 1 heterocycles. The van der Waals surface area contributed by atoms with Crippen LogP contribution in [0, 0.1) is 0 Å². The number of ether oxygens (including phenoxy) is 2. The molecule has 1 aromatic carbocycles. The van der Waals surface area contributed by atoms with E-state index in [1.54, 1.807) is 14.0 Å². The lowest BCUT2D eigenvalue weighted by Gasteiger charge is -2.18. The lowest BCUT2D eigenvalue weighted by atomic mass is 10.1. The molecule has 1 amide bonds. The maximum atomic E-state index is 12.7. The highest BCUT2D eigenvalue weighted by Gasteiger charge is 2.28. The molecule has 0 spiro atoms. The molecule has 1 aliphatic rings. The second-order valence-electron chi connectivity index (χ2n) is 5.80. The van der Waals surface area contributed by atoms with Gasteiger partial charge in [-0.3, -0.25) is 4.79 Å². The highest BCUT2D eigenvalue weighted by molar-refractivity contribution is 7.89. The highest BCUT2D eigenvalue weighted by Crippen LogP contribution is 2.26. The molecule has 1 atom stereocenters. The summed E-state index contributed by atoms with van der Waals surface area (Å²) in [7, 11) is -0.593. The number of carbonyl (C=O) groups excluding carboxylic acids is 1. The number of carbonyl (C=O) groups is 1. The van der Waals surface area contributed by atoms with Gasteiger partial charge in [-0.2, -0.15) is 4.31 Å². The van der Waals surface area contributed by atoms with Crippen LogP contribution in [0.4, 0.5) is 0 Å². The number of methoxy groups -OCH3 is 2. The number of nitrogens with zero attached hydrogens (tertiary/aromatic N) is 1. The third-order valence-corrected chi connectivity index (χ3v) is 5.81. The Balaban J connectivity index is 2.32. The summed E-state index contributed by atoms with van der Waals surface area (Å²) in [5, 5.41) is 2.77. The van der Waals surface area contributed by atoms with Crippen molar-refractivity contribution in [2.24, 2.45) is 0 Å². The molecular formula is C16H24N2O5S. The molecular weight excluding hydrogens is 332 g/mol. The number of rotatable bonds is 7. The van der Waals surface area contributed by atoms with E-state index < -0.39 is 15.9 Å². The van der Waals surface area contributed by atoms with E-state index in [-0.39, 0.29) is 16.5 Å². The van der Waals surface area contributed by atoms with Crippen LogP contribution in [0.3, 0.4) is 0 Å². The van der Waals surface area contributed by atoms with Gasteiger partial charge >= 0.3 is 0 Å². The first-order valence-electron chi connectivity index (χ1n) is 7.88. The summed E-state index contributed by atoms with van der Waals surface area (Å²) in [6, 6.07) is 4.16. The van der Waals surface area contributed by atoms with Crippen molar-refractivity contribution in [3.05, 3.63) is 23.8 Å². The van der Waals surface area contributed by atoms with Gasteiger partial charge in [-0.25, -0.2) is 8.42 Å². The number of sulfonamides is 1. The zero-order chi connectivity index (χ0) is 17.7. The maximum Gasteiger partial charge on any atom is 0.255 e. The molecule has 0 saturated carbocycles. The van der Waals surface area contributed by atoms with Gasteiger partial charge in [0.05, 0.1) is 24.2 Å². The molecule has 7 nitrogen and oxygen atoms in total. The molecule has 24 heavy (non-hydrogen) atoms. The van der Waals surface area contributed by atoms with E-state index in [0.29, 0.717) is 25.4 Å². The van der Waals surface area contributed by atoms with Crippen LogP contribution < -0.4 is 10.1 Å². The van der Waals surface area contributed by atoms with Gasteiger partial charge in [-0.05, 0) is 38.0 Å². The van der Waals surface area contributed by atoms with Gasteiger partial charge in [-0.1, -0.05) is 0 Å². The average molecular weight is 356 g/mol. The average Bonchev–Trinajstić information content (AvgIpc) is 3.09. The summed E-state index contributed by atoms with van der Waals surface area (Å²) in [4.78, 5) is 12.6. The smallest absolute Gasteiger partial charge is 0.255 e. The SMILES string of the molecule is COCC(C)NC(=O)c1cc(S(=O)(=O)N2CCCC2)ccc1OC. The molecule has 1 aliphatic heterocycles. The molecule has 8 heteroatoms. The normalized spacial score (nSPS) is 16.8. The van der Waals surface area contributed by atoms with Crippen LogP contribution in [0.2, 0.25) is 0 Å². The Morgan fingerprint density at radius 1 is 1.29 bits per heavy atom. The second-order valence-corrected chi connectivity index (χ2v) is 7.74. The number of hydrogen-bond donors (Lipinski definition) is 1. The molecule has 1 N–H and O–H groups in total. The summed E-state index contributed by atoms with van der Waals surface area (Å²) in [6.07, 6.45) is 1.72. The van der Waals surface area contributed by atoms with Crippen LogP contribution in [-0.2, 0) is 14.8 Å². The van der Waals surface area contributed by atoms with Crippen LogP contribution in [0.5, 0.6) is 5.75 Å². The van der Waals surface area contributed by atoms with Crippen LogP contribution in [-0.4, -0.2) is 58.6 Å². The van der Waals surface area contributed by atoms with Crippen molar-refractivity contribution < 1.29 is 22.7 Å². The molecule has 0 bridgehead atoms. The molecule has 2 rings (SSSR count). The van der Waals surface area contributed by atoms with Gasteiger partial charge in [0.1, 0.15) is 5.75 Å². The Kier molecular flexibility index (Phi) is 6.20. The minimum atomic E-state index is -3.59. The van der Waals surface area contributed by atoms with Crippen molar-refractivity contribution in [2.75, 3.05) is 33.9 Å². The van der Waals surface area contributed by atoms with Gasteiger partial charge in [0.25, 0.3) is 5.91 Å². The van der Waals surface area contributed by atoms with E-state index in [2.05, 4.69) is 5.32 Å². The Morgan fingerprint density at radius 3 is 2.54 bits per heavy atom. The lowest BCUT2D eigenvalue weighted by Crippen LogP contribution is -2.36. The molecule has 0 radical (unpaired) electrons. The van der Waals surface area contributed by atoms with Gasteiger partial charge in [-0.15, -0.1) is 0 Å². The number of benzene rings is 1. The summed E-state index contributed by atoms with van der Waals surface area (Å²) < 4.78 is 37.0. The van der Waals surface area contributed by atoms with E-state index >= 15 is 0 Å².